The molecule has 0 radical (unpaired) electrons. The van der Waals surface area contributed by atoms with E-state index in [1.807, 2.05) is 38.1 Å². The van der Waals surface area contributed by atoms with Gasteiger partial charge in [-0.15, -0.1) is 0 Å². The Kier molecular flexibility index (Phi) is 8.13. The number of carbonyl (C=O) groups excluding carboxylic acids is 1. The predicted molar refractivity (Wildman–Crippen MR) is 92.0 cm³/mol. The van der Waals surface area contributed by atoms with Crippen LogP contribution in [-0.2, 0) is 11.2 Å². The monoisotopic (exact) mass is 306 g/mol. The number of aryl methyl sites for hydroxylation is 1. The van der Waals surface area contributed by atoms with Crippen molar-refractivity contribution in [2.24, 2.45) is 5.92 Å². The Morgan fingerprint density at radius 2 is 1.91 bits per heavy atom. The van der Waals surface area contributed by atoms with Crippen LogP contribution in [0.25, 0.3) is 0 Å². The summed E-state index contributed by atoms with van der Waals surface area (Å²) in [7, 11) is 0. The molecule has 0 saturated heterocycles. The van der Waals surface area contributed by atoms with Crippen LogP contribution in [0.5, 0.6) is 0 Å². The minimum absolute atomic E-state index is 0.000991. The molecule has 3 unspecified atom stereocenters. The number of anilines is 1. The second-order valence-electron chi connectivity index (χ2n) is 6.03. The summed E-state index contributed by atoms with van der Waals surface area (Å²) < 4.78 is 0. The van der Waals surface area contributed by atoms with E-state index in [0.717, 1.165) is 24.1 Å². The van der Waals surface area contributed by atoms with E-state index >= 15 is 0 Å². The molecule has 0 heterocycles. The molecule has 0 aliphatic carbocycles. The molecule has 3 N–H and O–H groups in total. The van der Waals surface area contributed by atoms with E-state index in [2.05, 4.69) is 24.5 Å². The third-order valence-electron chi connectivity index (χ3n) is 4.14. The average molecular weight is 306 g/mol. The predicted octanol–water partition coefficient (Wildman–Crippen LogP) is 2.96. The highest BCUT2D eigenvalue weighted by molar-refractivity contribution is 5.91. The van der Waals surface area contributed by atoms with Crippen molar-refractivity contribution in [1.82, 2.24) is 5.32 Å². The fourth-order valence-corrected chi connectivity index (χ4v) is 2.30. The van der Waals surface area contributed by atoms with Gasteiger partial charge in [-0.1, -0.05) is 45.4 Å². The van der Waals surface area contributed by atoms with Crippen LogP contribution in [0.4, 0.5) is 5.69 Å². The Hall–Kier alpha value is -1.39. The average Bonchev–Trinajstić information content (AvgIpc) is 2.52. The third kappa shape index (κ3) is 6.16. The highest BCUT2D eigenvalue weighted by Gasteiger charge is 2.15. The van der Waals surface area contributed by atoms with Gasteiger partial charge in [0, 0.05) is 24.7 Å². The molecule has 0 aliphatic rings. The topological polar surface area (TPSA) is 61.4 Å². The number of benzene rings is 1. The summed E-state index contributed by atoms with van der Waals surface area (Å²) in [5.41, 5.74) is 2.03. The van der Waals surface area contributed by atoms with E-state index in [4.69, 9.17) is 0 Å². The maximum Gasteiger partial charge on any atom is 0.225 e. The van der Waals surface area contributed by atoms with Crippen molar-refractivity contribution < 1.29 is 9.90 Å². The van der Waals surface area contributed by atoms with Crippen LogP contribution in [0, 0.1) is 5.92 Å². The lowest BCUT2D eigenvalue weighted by Crippen LogP contribution is -2.38. The van der Waals surface area contributed by atoms with E-state index in [-0.39, 0.29) is 24.0 Å². The normalized spacial score (nSPS) is 15.1. The van der Waals surface area contributed by atoms with Gasteiger partial charge in [-0.2, -0.15) is 0 Å². The minimum Gasteiger partial charge on any atom is -0.392 e. The van der Waals surface area contributed by atoms with Crippen LogP contribution in [0.15, 0.2) is 24.3 Å². The molecule has 0 spiro atoms. The molecule has 0 fully saturated rings. The summed E-state index contributed by atoms with van der Waals surface area (Å²) in [6, 6.07) is 7.90. The van der Waals surface area contributed by atoms with Crippen molar-refractivity contribution >= 4 is 11.6 Å². The molecule has 22 heavy (non-hydrogen) atoms. The van der Waals surface area contributed by atoms with Gasteiger partial charge in [-0.05, 0) is 30.9 Å². The van der Waals surface area contributed by atoms with Gasteiger partial charge in [-0.25, -0.2) is 0 Å². The number of nitrogens with one attached hydrogen (secondary N) is 2. The largest absolute Gasteiger partial charge is 0.392 e. The zero-order valence-electron chi connectivity index (χ0n) is 14.2. The fourth-order valence-electron chi connectivity index (χ4n) is 2.30. The van der Waals surface area contributed by atoms with Gasteiger partial charge in [-0.3, -0.25) is 4.79 Å². The summed E-state index contributed by atoms with van der Waals surface area (Å²) in [5.74, 6) is 0.267. The summed E-state index contributed by atoms with van der Waals surface area (Å²) in [4.78, 5) is 12.1. The number of rotatable bonds is 9. The smallest absolute Gasteiger partial charge is 0.225 e. The molecule has 0 aromatic heterocycles. The molecular formula is C18H30N2O2. The van der Waals surface area contributed by atoms with Crippen molar-refractivity contribution in [1.29, 1.82) is 0 Å². The molecular weight excluding hydrogens is 276 g/mol. The van der Waals surface area contributed by atoms with Gasteiger partial charge in [0.1, 0.15) is 0 Å². The maximum atomic E-state index is 12.1. The van der Waals surface area contributed by atoms with Gasteiger partial charge in [0.15, 0.2) is 0 Å². The van der Waals surface area contributed by atoms with Crippen LogP contribution in [0.3, 0.4) is 0 Å². The van der Waals surface area contributed by atoms with Gasteiger partial charge in [0.25, 0.3) is 0 Å². The van der Waals surface area contributed by atoms with Gasteiger partial charge in [0.05, 0.1) is 6.10 Å². The van der Waals surface area contributed by atoms with Crippen LogP contribution in [-0.4, -0.2) is 29.7 Å². The number of carbonyl (C=O) groups is 1. The Labute approximate surface area is 134 Å². The van der Waals surface area contributed by atoms with Gasteiger partial charge < -0.3 is 15.7 Å². The third-order valence-corrected chi connectivity index (χ3v) is 4.14. The summed E-state index contributed by atoms with van der Waals surface area (Å²) in [6.07, 6.45) is 1.87. The summed E-state index contributed by atoms with van der Waals surface area (Å²) >= 11 is 0. The molecule has 1 amide bonds. The SMILES string of the molecule is CCc1ccccc1NC(=O)CC(C)NCC(O)C(C)CC. The number of aliphatic hydroxyl groups excluding tert-OH is 1. The van der Waals surface area contributed by atoms with Crippen molar-refractivity contribution in [3.8, 4) is 0 Å². The number of hydrogen-bond acceptors (Lipinski definition) is 3. The summed E-state index contributed by atoms with van der Waals surface area (Å²) in [6.45, 7) is 8.66. The first kappa shape index (κ1) is 18.7. The van der Waals surface area contributed by atoms with E-state index < -0.39 is 0 Å². The van der Waals surface area contributed by atoms with Crippen molar-refractivity contribution in [3.63, 3.8) is 0 Å². The first-order valence-corrected chi connectivity index (χ1v) is 8.27. The molecule has 1 aromatic rings. The van der Waals surface area contributed by atoms with Crippen LogP contribution < -0.4 is 10.6 Å². The van der Waals surface area contributed by atoms with Crippen LogP contribution in [0.1, 0.15) is 46.1 Å². The number of amides is 1. The fraction of sp³-hybridized carbons (Fsp3) is 0.611. The lowest BCUT2D eigenvalue weighted by molar-refractivity contribution is -0.116. The zero-order valence-corrected chi connectivity index (χ0v) is 14.2. The summed E-state index contributed by atoms with van der Waals surface area (Å²) in [5, 5.41) is 16.1. The number of hydrogen-bond donors (Lipinski definition) is 3. The Bertz CT molecular complexity index is 462. The highest BCUT2D eigenvalue weighted by atomic mass is 16.3. The molecule has 124 valence electrons. The Morgan fingerprint density at radius 1 is 1.23 bits per heavy atom. The molecule has 4 nitrogen and oxygen atoms in total. The molecule has 3 atom stereocenters. The number of para-hydroxylation sites is 1. The van der Waals surface area contributed by atoms with Crippen LogP contribution in [0.2, 0.25) is 0 Å². The van der Waals surface area contributed by atoms with E-state index in [9.17, 15) is 9.90 Å². The molecule has 4 heteroatoms. The second-order valence-corrected chi connectivity index (χ2v) is 6.03. The zero-order chi connectivity index (χ0) is 16.5. The lowest BCUT2D eigenvalue weighted by Gasteiger charge is -2.21. The highest BCUT2D eigenvalue weighted by Crippen LogP contribution is 2.15. The Morgan fingerprint density at radius 3 is 2.55 bits per heavy atom. The molecule has 1 aromatic carbocycles. The first-order chi connectivity index (χ1) is 10.5. The van der Waals surface area contributed by atoms with E-state index in [1.165, 1.54) is 0 Å². The van der Waals surface area contributed by atoms with E-state index in [0.29, 0.717) is 13.0 Å². The molecule has 0 bridgehead atoms. The quantitative estimate of drug-likeness (QED) is 0.657. The standard InChI is InChI=1S/C18H30N2O2/c1-5-13(3)17(21)12-19-14(4)11-18(22)20-16-10-8-7-9-15(16)6-2/h7-10,13-14,17,19,21H,5-6,11-12H2,1-4H3,(H,20,22). The molecule has 0 saturated carbocycles. The van der Waals surface area contributed by atoms with Crippen molar-refractivity contribution in [2.45, 2.75) is 59.1 Å². The lowest BCUT2D eigenvalue weighted by atomic mass is 10.0. The van der Waals surface area contributed by atoms with Crippen LogP contribution >= 0.6 is 0 Å². The van der Waals surface area contributed by atoms with Gasteiger partial charge >= 0.3 is 0 Å². The minimum atomic E-state index is -0.365. The first-order valence-electron chi connectivity index (χ1n) is 8.27. The van der Waals surface area contributed by atoms with E-state index in [1.54, 1.807) is 0 Å². The molecule has 0 aliphatic heterocycles. The van der Waals surface area contributed by atoms with Crippen molar-refractivity contribution in [2.75, 3.05) is 11.9 Å². The second kappa shape index (κ2) is 9.59. The molecule has 1 rings (SSSR count). The number of aliphatic hydroxyl groups is 1. The van der Waals surface area contributed by atoms with Gasteiger partial charge in [0.2, 0.25) is 5.91 Å². The van der Waals surface area contributed by atoms with Crippen molar-refractivity contribution in [3.05, 3.63) is 29.8 Å². The maximum absolute atomic E-state index is 12.1. The Balaban J connectivity index is 2.41.